The van der Waals surface area contributed by atoms with E-state index in [0.29, 0.717) is 24.1 Å². The van der Waals surface area contributed by atoms with Crippen molar-refractivity contribution in [2.45, 2.75) is 18.4 Å². The molecule has 0 atom stereocenters. The van der Waals surface area contributed by atoms with Gasteiger partial charge in [0.15, 0.2) is 0 Å². The van der Waals surface area contributed by atoms with Crippen molar-refractivity contribution >= 4 is 11.0 Å². The molecule has 2 aromatic heterocycles. The summed E-state index contributed by atoms with van der Waals surface area (Å²) in [5.74, 6) is 0. The Hall–Kier alpha value is -1.59. The Bertz CT molecular complexity index is 532. The minimum atomic E-state index is -0.874. The summed E-state index contributed by atoms with van der Waals surface area (Å²) in [4.78, 5) is 12.7. The van der Waals surface area contributed by atoms with Crippen LogP contribution in [-0.2, 0) is 5.60 Å². The Morgan fingerprint density at radius 2 is 2.00 bits per heavy atom. The number of rotatable bonds is 1. The molecule has 5 heteroatoms. The van der Waals surface area contributed by atoms with E-state index in [1.165, 1.54) is 6.33 Å². The zero-order chi connectivity index (χ0) is 11.7. The van der Waals surface area contributed by atoms with Crippen LogP contribution < -0.4 is 5.32 Å². The first-order valence-corrected chi connectivity index (χ1v) is 5.79. The molecular weight excluding hydrogens is 216 g/mol. The first-order chi connectivity index (χ1) is 8.30. The molecule has 0 aliphatic carbocycles. The molecule has 0 amide bonds. The molecule has 1 saturated heterocycles. The summed E-state index contributed by atoms with van der Waals surface area (Å²) in [7, 11) is 0. The van der Waals surface area contributed by atoms with Crippen LogP contribution in [0.2, 0.25) is 0 Å². The van der Waals surface area contributed by atoms with Gasteiger partial charge in [0.1, 0.15) is 23.1 Å². The van der Waals surface area contributed by atoms with Crippen molar-refractivity contribution in [3.63, 3.8) is 0 Å². The number of aromatic nitrogens is 3. The molecule has 0 radical (unpaired) electrons. The van der Waals surface area contributed by atoms with E-state index in [2.05, 4.69) is 20.3 Å². The summed E-state index contributed by atoms with van der Waals surface area (Å²) in [6.45, 7) is 1.60. The zero-order valence-corrected chi connectivity index (χ0v) is 9.43. The van der Waals surface area contributed by atoms with Gasteiger partial charge in [0.2, 0.25) is 0 Å². The second-order valence-electron chi connectivity index (χ2n) is 4.37. The third kappa shape index (κ3) is 1.77. The molecule has 88 valence electrons. The highest BCUT2D eigenvalue weighted by Gasteiger charge is 2.34. The van der Waals surface area contributed by atoms with Crippen LogP contribution >= 0.6 is 0 Å². The zero-order valence-electron chi connectivity index (χ0n) is 9.43. The fourth-order valence-corrected chi connectivity index (χ4v) is 2.31. The predicted octanol–water partition coefficient (Wildman–Crippen LogP) is 0.596. The molecule has 2 aromatic rings. The highest BCUT2D eigenvalue weighted by atomic mass is 16.3. The molecule has 17 heavy (non-hydrogen) atoms. The van der Waals surface area contributed by atoms with Gasteiger partial charge in [0.25, 0.3) is 0 Å². The van der Waals surface area contributed by atoms with Crippen LogP contribution in [0.1, 0.15) is 18.5 Å². The van der Waals surface area contributed by atoms with Crippen molar-refractivity contribution < 1.29 is 5.11 Å². The van der Waals surface area contributed by atoms with Crippen molar-refractivity contribution in [3.8, 4) is 0 Å². The summed E-state index contributed by atoms with van der Waals surface area (Å²) in [6.07, 6.45) is 4.53. The molecule has 0 spiro atoms. The Kier molecular flexibility index (Phi) is 2.49. The van der Waals surface area contributed by atoms with Gasteiger partial charge in [-0.15, -0.1) is 0 Å². The van der Waals surface area contributed by atoms with Gasteiger partial charge in [-0.2, -0.15) is 0 Å². The number of fused-ring (bicyclic) bond motifs is 1. The smallest absolute Gasteiger partial charge is 0.116 e. The van der Waals surface area contributed by atoms with Crippen molar-refractivity contribution in [2.75, 3.05) is 13.1 Å². The van der Waals surface area contributed by atoms with E-state index in [1.807, 2.05) is 12.1 Å². The lowest BCUT2D eigenvalue weighted by Gasteiger charge is -2.32. The number of hydrogen-bond acceptors (Lipinski definition) is 5. The standard InChI is InChI=1S/C12H14N4O/c17-12(3-6-13-7-4-12)11-10-9(15-8-16-11)2-1-5-14-10/h1-2,5,8,13,17H,3-4,6-7H2. The van der Waals surface area contributed by atoms with Crippen LogP contribution in [0.5, 0.6) is 0 Å². The van der Waals surface area contributed by atoms with Crippen molar-refractivity contribution in [3.05, 3.63) is 30.4 Å². The van der Waals surface area contributed by atoms with Crippen LogP contribution in [0.15, 0.2) is 24.7 Å². The van der Waals surface area contributed by atoms with Gasteiger partial charge < -0.3 is 10.4 Å². The highest BCUT2D eigenvalue weighted by molar-refractivity contribution is 5.76. The SMILES string of the molecule is OC1(c2ncnc3cccnc23)CCNCC1. The summed E-state index contributed by atoms with van der Waals surface area (Å²) in [5, 5.41) is 13.9. The number of nitrogens with zero attached hydrogens (tertiary/aromatic N) is 3. The third-order valence-electron chi connectivity index (χ3n) is 3.27. The largest absolute Gasteiger partial charge is 0.383 e. The van der Waals surface area contributed by atoms with E-state index in [1.54, 1.807) is 6.20 Å². The maximum Gasteiger partial charge on any atom is 0.116 e. The van der Waals surface area contributed by atoms with Gasteiger partial charge in [0, 0.05) is 6.20 Å². The van der Waals surface area contributed by atoms with E-state index < -0.39 is 5.60 Å². The normalized spacial score (nSPS) is 19.4. The van der Waals surface area contributed by atoms with Gasteiger partial charge >= 0.3 is 0 Å². The van der Waals surface area contributed by atoms with Crippen LogP contribution in [-0.4, -0.2) is 33.1 Å². The molecule has 3 rings (SSSR count). The minimum absolute atomic E-state index is 0.657. The van der Waals surface area contributed by atoms with E-state index in [9.17, 15) is 5.11 Å². The molecule has 1 aliphatic rings. The van der Waals surface area contributed by atoms with E-state index in [0.717, 1.165) is 18.6 Å². The minimum Gasteiger partial charge on any atom is -0.383 e. The molecule has 5 nitrogen and oxygen atoms in total. The first-order valence-electron chi connectivity index (χ1n) is 5.79. The first kappa shape index (κ1) is 10.6. The van der Waals surface area contributed by atoms with E-state index >= 15 is 0 Å². The fraction of sp³-hybridized carbons (Fsp3) is 0.417. The molecule has 0 aromatic carbocycles. The van der Waals surface area contributed by atoms with Gasteiger partial charge in [-0.3, -0.25) is 4.98 Å². The molecule has 1 fully saturated rings. The molecule has 3 heterocycles. The Labute approximate surface area is 98.9 Å². The molecule has 1 aliphatic heterocycles. The topological polar surface area (TPSA) is 70.9 Å². The summed E-state index contributed by atoms with van der Waals surface area (Å²) in [5.41, 5.74) is 1.27. The number of nitrogens with one attached hydrogen (secondary N) is 1. The average Bonchev–Trinajstić information content (AvgIpc) is 2.39. The Balaban J connectivity index is 2.16. The number of pyridine rings is 1. The van der Waals surface area contributed by atoms with Gasteiger partial charge in [-0.1, -0.05) is 0 Å². The third-order valence-corrected chi connectivity index (χ3v) is 3.27. The monoisotopic (exact) mass is 230 g/mol. The molecule has 2 N–H and O–H groups in total. The van der Waals surface area contributed by atoms with Gasteiger partial charge in [-0.05, 0) is 38.1 Å². The lowest BCUT2D eigenvalue weighted by Crippen LogP contribution is -2.40. The highest BCUT2D eigenvalue weighted by Crippen LogP contribution is 2.31. The van der Waals surface area contributed by atoms with E-state index in [4.69, 9.17) is 0 Å². The molecule has 0 bridgehead atoms. The second-order valence-corrected chi connectivity index (χ2v) is 4.37. The van der Waals surface area contributed by atoms with E-state index in [-0.39, 0.29) is 0 Å². The lowest BCUT2D eigenvalue weighted by molar-refractivity contribution is 0.00313. The predicted molar refractivity (Wildman–Crippen MR) is 63.3 cm³/mol. The summed E-state index contributed by atoms with van der Waals surface area (Å²) >= 11 is 0. The summed E-state index contributed by atoms with van der Waals surface area (Å²) in [6, 6.07) is 3.73. The lowest BCUT2D eigenvalue weighted by atomic mass is 9.88. The Morgan fingerprint density at radius 1 is 1.18 bits per heavy atom. The van der Waals surface area contributed by atoms with Gasteiger partial charge in [-0.25, -0.2) is 9.97 Å². The maximum atomic E-state index is 10.7. The van der Waals surface area contributed by atoms with Crippen LogP contribution in [0.3, 0.4) is 0 Å². The van der Waals surface area contributed by atoms with Crippen molar-refractivity contribution in [1.82, 2.24) is 20.3 Å². The fourth-order valence-electron chi connectivity index (χ4n) is 2.31. The number of piperidine rings is 1. The molecular formula is C12H14N4O. The average molecular weight is 230 g/mol. The summed E-state index contributed by atoms with van der Waals surface area (Å²) < 4.78 is 0. The van der Waals surface area contributed by atoms with Crippen LogP contribution in [0.25, 0.3) is 11.0 Å². The van der Waals surface area contributed by atoms with Crippen molar-refractivity contribution in [2.24, 2.45) is 0 Å². The second kappa shape index (κ2) is 4.01. The van der Waals surface area contributed by atoms with Crippen molar-refractivity contribution in [1.29, 1.82) is 0 Å². The quantitative estimate of drug-likeness (QED) is 0.750. The van der Waals surface area contributed by atoms with Gasteiger partial charge in [0.05, 0.1) is 5.52 Å². The van der Waals surface area contributed by atoms with Crippen LogP contribution in [0, 0.1) is 0 Å². The number of hydrogen-bond donors (Lipinski definition) is 2. The molecule has 0 unspecified atom stereocenters. The maximum absolute atomic E-state index is 10.7. The van der Waals surface area contributed by atoms with Crippen LogP contribution in [0.4, 0.5) is 0 Å². The molecule has 0 saturated carbocycles. The Morgan fingerprint density at radius 3 is 2.82 bits per heavy atom. The number of aliphatic hydroxyl groups is 1.